The first-order valence-corrected chi connectivity index (χ1v) is 8.46. The molecule has 6 nitrogen and oxygen atoms in total. The molecule has 1 aliphatic heterocycles. The highest BCUT2D eigenvalue weighted by Crippen LogP contribution is 2.43. The molecule has 0 saturated carbocycles. The Morgan fingerprint density at radius 3 is 2.74 bits per heavy atom. The van der Waals surface area contributed by atoms with Crippen LogP contribution in [0.15, 0.2) is 29.1 Å². The smallest absolute Gasteiger partial charge is 0.270 e. The Hall–Kier alpha value is -2.15. The Bertz CT molecular complexity index is 794. The number of aromatic nitrogens is 2. The van der Waals surface area contributed by atoms with Gasteiger partial charge in [-0.3, -0.25) is 19.4 Å². The number of nitrogens with one attached hydrogen (secondary N) is 2. The van der Waals surface area contributed by atoms with E-state index < -0.39 is 0 Å². The summed E-state index contributed by atoms with van der Waals surface area (Å²) in [7, 11) is 1.61. The SMILES string of the molecule is COc1ccccc1[C@@H]1SCC(=O)Nc2c1c(=O)[nH]n2C(C)C. The van der Waals surface area contributed by atoms with Crippen LogP contribution in [0.25, 0.3) is 0 Å². The van der Waals surface area contributed by atoms with Crippen LogP contribution in [0.1, 0.15) is 36.3 Å². The molecule has 2 heterocycles. The minimum Gasteiger partial charge on any atom is -0.496 e. The number of fused-ring (bicyclic) bond motifs is 1. The Kier molecular flexibility index (Phi) is 4.21. The van der Waals surface area contributed by atoms with Crippen LogP contribution in [0.5, 0.6) is 5.75 Å². The summed E-state index contributed by atoms with van der Waals surface area (Å²) in [6.45, 7) is 3.91. The van der Waals surface area contributed by atoms with Gasteiger partial charge >= 0.3 is 0 Å². The highest BCUT2D eigenvalue weighted by Gasteiger charge is 2.32. The van der Waals surface area contributed by atoms with Gasteiger partial charge in [0, 0.05) is 11.6 Å². The van der Waals surface area contributed by atoms with E-state index in [0.717, 1.165) is 5.56 Å². The summed E-state index contributed by atoms with van der Waals surface area (Å²) in [5, 5.41) is 5.43. The van der Waals surface area contributed by atoms with E-state index in [0.29, 0.717) is 17.1 Å². The van der Waals surface area contributed by atoms with Gasteiger partial charge < -0.3 is 10.1 Å². The average molecular weight is 333 g/mol. The molecule has 3 rings (SSSR count). The molecule has 1 aromatic carbocycles. The quantitative estimate of drug-likeness (QED) is 0.905. The van der Waals surface area contributed by atoms with Crippen LogP contribution in [-0.4, -0.2) is 28.6 Å². The maximum Gasteiger partial charge on any atom is 0.270 e. The summed E-state index contributed by atoms with van der Waals surface area (Å²) < 4.78 is 7.15. The largest absolute Gasteiger partial charge is 0.496 e. The first kappa shape index (κ1) is 15.7. The molecule has 0 fully saturated rings. The fraction of sp³-hybridized carbons (Fsp3) is 0.375. The molecule has 2 N–H and O–H groups in total. The van der Waals surface area contributed by atoms with Gasteiger partial charge in [0.15, 0.2) is 0 Å². The molecule has 0 bridgehead atoms. The molecule has 1 aliphatic rings. The van der Waals surface area contributed by atoms with Crippen LogP contribution >= 0.6 is 11.8 Å². The Balaban J connectivity index is 2.21. The van der Waals surface area contributed by atoms with Crippen LogP contribution in [0.2, 0.25) is 0 Å². The number of amides is 1. The average Bonchev–Trinajstić information content (AvgIpc) is 2.75. The monoisotopic (exact) mass is 333 g/mol. The second-order valence-electron chi connectivity index (χ2n) is 5.65. The van der Waals surface area contributed by atoms with Gasteiger partial charge in [-0.15, -0.1) is 11.8 Å². The maximum atomic E-state index is 12.6. The molecular formula is C16H19N3O3S. The van der Waals surface area contributed by atoms with Crippen LogP contribution in [0.3, 0.4) is 0 Å². The number of hydrogen-bond donors (Lipinski definition) is 2. The third-order valence-corrected chi connectivity index (χ3v) is 5.05. The molecule has 1 aromatic heterocycles. The van der Waals surface area contributed by atoms with Gasteiger partial charge in [-0.25, -0.2) is 0 Å². The standard InChI is InChI=1S/C16H19N3O3S/c1-9(2)19-15-13(16(21)18-19)14(23-8-12(20)17-15)10-6-4-5-7-11(10)22-3/h4-7,9,14H,8H2,1-3H3,(H,17,20)(H,18,21)/t14-/m0/s1. The maximum absolute atomic E-state index is 12.6. The zero-order chi connectivity index (χ0) is 16.6. The van der Waals surface area contributed by atoms with Crippen LogP contribution in [-0.2, 0) is 4.79 Å². The third-order valence-electron chi connectivity index (χ3n) is 3.80. The van der Waals surface area contributed by atoms with E-state index in [1.54, 1.807) is 11.8 Å². The van der Waals surface area contributed by atoms with Gasteiger partial charge in [0.05, 0.1) is 23.7 Å². The first-order valence-electron chi connectivity index (χ1n) is 7.41. The Morgan fingerprint density at radius 1 is 1.30 bits per heavy atom. The van der Waals surface area contributed by atoms with E-state index >= 15 is 0 Å². The van der Waals surface area contributed by atoms with Gasteiger partial charge in [0.1, 0.15) is 11.6 Å². The van der Waals surface area contributed by atoms with Crippen molar-refractivity contribution in [2.45, 2.75) is 25.1 Å². The molecule has 0 aliphatic carbocycles. The van der Waals surface area contributed by atoms with Crippen molar-refractivity contribution in [2.24, 2.45) is 0 Å². The van der Waals surface area contributed by atoms with Gasteiger partial charge in [-0.2, -0.15) is 0 Å². The normalized spacial score (nSPS) is 17.6. The lowest BCUT2D eigenvalue weighted by atomic mass is 10.1. The van der Waals surface area contributed by atoms with E-state index in [2.05, 4.69) is 10.4 Å². The number of ether oxygens (including phenoxy) is 1. The number of anilines is 1. The molecular weight excluding hydrogens is 314 g/mol. The number of nitrogens with zero attached hydrogens (tertiary/aromatic N) is 1. The number of aromatic amines is 1. The molecule has 1 atom stereocenters. The van der Waals surface area contributed by atoms with Crippen molar-refractivity contribution in [1.82, 2.24) is 9.78 Å². The van der Waals surface area contributed by atoms with E-state index in [1.807, 2.05) is 38.1 Å². The molecule has 7 heteroatoms. The van der Waals surface area contributed by atoms with E-state index in [4.69, 9.17) is 4.74 Å². The number of methoxy groups -OCH3 is 1. The number of carbonyl (C=O) groups excluding carboxylic acids is 1. The summed E-state index contributed by atoms with van der Waals surface area (Å²) in [5.74, 6) is 1.44. The van der Waals surface area contributed by atoms with Gasteiger partial charge in [0.25, 0.3) is 5.56 Å². The topological polar surface area (TPSA) is 76.1 Å². The number of H-pyrrole nitrogens is 1. The van der Waals surface area contributed by atoms with Crippen LogP contribution < -0.4 is 15.6 Å². The minimum atomic E-state index is -0.260. The van der Waals surface area contributed by atoms with Crippen LogP contribution in [0.4, 0.5) is 5.82 Å². The number of rotatable bonds is 3. The summed E-state index contributed by atoms with van der Waals surface area (Å²) in [5.41, 5.74) is 1.28. The number of benzene rings is 1. The van der Waals surface area contributed by atoms with E-state index in [1.165, 1.54) is 11.8 Å². The molecule has 0 spiro atoms. The van der Waals surface area contributed by atoms with Crippen LogP contribution in [0, 0.1) is 0 Å². The predicted molar refractivity (Wildman–Crippen MR) is 91.4 cm³/mol. The van der Waals surface area contributed by atoms with E-state index in [9.17, 15) is 9.59 Å². The lowest BCUT2D eigenvalue weighted by Crippen LogP contribution is -2.17. The van der Waals surface area contributed by atoms with Gasteiger partial charge in [0.2, 0.25) is 5.91 Å². The van der Waals surface area contributed by atoms with Crippen molar-refractivity contribution < 1.29 is 9.53 Å². The first-order chi connectivity index (χ1) is 11.0. The number of thioether (sulfide) groups is 1. The van der Waals surface area contributed by atoms with Crippen molar-refractivity contribution in [3.63, 3.8) is 0 Å². The molecule has 0 radical (unpaired) electrons. The number of para-hydroxylation sites is 1. The highest BCUT2D eigenvalue weighted by molar-refractivity contribution is 8.00. The minimum absolute atomic E-state index is 0.0353. The summed E-state index contributed by atoms with van der Waals surface area (Å²) in [6.07, 6.45) is 0. The molecule has 122 valence electrons. The molecule has 2 aromatic rings. The van der Waals surface area contributed by atoms with Gasteiger partial charge in [-0.05, 0) is 19.9 Å². The lowest BCUT2D eigenvalue weighted by molar-refractivity contribution is -0.113. The third kappa shape index (κ3) is 2.76. The van der Waals surface area contributed by atoms with E-state index in [-0.39, 0.29) is 28.5 Å². The summed E-state index contributed by atoms with van der Waals surface area (Å²) in [6, 6.07) is 7.63. The fourth-order valence-electron chi connectivity index (χ4n) is 2.76. The van der Waals surface area contributed by atoms with Crippen molar-refractivity contribution >= 4 is 23.5 Å². The molecule has 1 amide bonds. The summed E-state index contributed by atoms with van der Waals surface area (Å²) in [4.78, 5) is 24.6. The Morgan fingerprint density at radius 2 is 2.04 bits per heavy atom. The second-order valence-corrected chi connectivity index (χ2v) is 6.74. The van der Waals surface area contributed by atoms with Crippen molar-refractivity contribution in [1.29, 1.82) is 0 Å². The zero-order valence-corrected chi connectivity index (χ0v) is 14.1. The highest BCUT2D eigenvalue weighted by atomic mass is 32.2. The van der Waals surface area contributed by atoms with Crippen molar-refractivity contribution in [3.05, 3.63) is 45.7 Å². The second kappa shape index (κ2) is 6.16. The summed E-state index contributed by atoms with van der Waals surface area (Å²) >= 11 is 1.43. The molecule has 23 heavy (non-hydrogen) atoms. The Labute approximate surface area is 138 Å². The molecule has 0 unspecified atom stereocenters. The predicted octanol–water partition coefficient (Wildman–Crippen LogP) is 2.54. The van der Waals surface area contributed by atoms with Crippen molar-refractivity contribution in [2.75, 3.05) is 18.2 Å². The number of carbonyl (C=O) groups is 1. The van der Waals surface area contributed by atoms with Crippen molar-refractivity contribution in [3.8, 4) is 5.75 Å². The number of hydrogen-bond acceptors (Lipinski definition) is 4. The zero-order valence-electron chi connectivity index (χ0n) is 13.3. The van der Waals surface area contributed by atoms with Gasteiger partial charge in [-0.1, -0.05) is 18.2 Å². The molecule has 0 saturated heterocycles. The fourth-order valence-corrected chi connectivity index (χ4v) is 3.91. The lowest BCUT2D eigenvalue weighted by Gasteiger charge is -2.17.